The van der Waals surface area contributed by atoms with E-state index in [2.05, 4.69) is 66.1 Å². The lowest BCUT2D eigenvalue weighted by Gasteiger charge is -2.20. The zero-order chi connectivity index (χ0) is 14.7. The third-order valence-electron chi connectivity index (χ3n) is 3.92. The second-order valence-corrected chi connectivity index (χ2v) is 7.19. The Morgan fingerprint density at radius 3 is 2.75 bits per heavy atom. The van der Waals surface area contributed by atoms with Crippen LogP contribution in [0.1, 0.15) is 45.5 Å². The number of halogens is 2. The molecule has 0 aliphatic carbocycles. The zero-order valence-corrected chi connectivity index (χ0v) is 15.3. The number of rotatable bonds is 6. The first-order valence-corrected chi connectivity index (χ1v) is 8.90. The maximum atomic E-state index is 5.95. The summed E-state index contributed by atoms with van der Waals surface area (Å²) in [7, 11) is 0. The fraction of sp³-hybridized carbons (Fsp3) is 0.562. The number of alkyl halides is 1. The van der Waals surface area contributed by atoms with E-state index < -0.39 is 0 Å². The molecular weight excluding hydrogens is 383 g/mol. The Balaban J connectivity index is 2.45. The molecule has 1 heterocycles. The molecule has 0 radical (unpaired) electrons. The number of nitrogens with zero attached hydrogens (tertiary/aromatic N) is 2. The average Bonchev–Trinajstić information content (AvgIpc) is 2.76. The van der Waals surface area contributed by atoms with Crippen LogP contribution >= 0.6 is 34.2 Å². The van der Waals surface area contributed by atoms with Gasteiger partial charge in [0.2, 0.25) is 0 Å². The number of hydrogen-bond donors (Lipinski definition) is 0. The van der Waals surface area contributed by atoms with Gasteiger partial charge in [-0.2, -0.15) is 0 Å². The molecule has 2 nitrogen and oxygen atoms in total. The number of aryl methyl sites for hydroxylation is 1. The maximum Gasteiger partial charge on any atom is 0.111 e. The molecule has 0 N–H and O–H groups in total. The maximum absolute atomic E-state index is 5.95. The largest absolute Gasteiger partial charge is 0.325 e. The first-order valence-electron chi connectivity index (χ1n) is 7.29. The SMILES string of the molecule is CCC(C)CC(C)n1c(CCCl)nc2cc(I)ccc21. The molecule has 0 fully saturated rings. The van der Waals surface area contributed by atoms with Gasteiger partial charge in [0.05, 0.1) is 11.0 Å². The average molecular weight is 405 g/mol. The number of benzene rings is 1. The van der Waals surface area contributed by atoms with Crippen LogP contribution in [0.25, 0.3) is 11.0 Å². The molecule has 4 heteroatoms. The van der Waals surface area contributed by atoms with Crippen LogP contribution in [0.5, 0.6) is 0 Å². The van der Waals surface area contributed by atoms with Crippen molar-refractivity contribution in [2.24, 2.45) is 5.92 Å². The molecule has 2 aromatic rings. The van der Waals surface area contributed by atoms with Crippen molar-refractivity contribution in [2.45, 2.75) is 46.1 Å². The lowest BCUT2D eigenvalue weighted by atomic mass is 10.00. The van der Waals surface area contributed by atoms with E-state index in [1.165, 1.54) is 21.9 Å². The fourth-order valence-electron chi connectivity index (χ4n) is 2.73. The lowest BCUT2D eigenvalue weighted by Crippen LogP contribution is -2.13. The zero-order valence-electron chi connectivity index (χ0n) is 12.4. The van der Waals surface area contributed by atoms with Crippen LogP contribution in [-0.4, -0.2) is 15.4 Å². The molecule has 110 valence electrons. The molecule has 0 amide bonds. The summed E-state index contributed by atoms with van der Waals surface area (Å²) in [4.78, 5) is 4.79. The van der Waals surface area contributed by atoms with Gasteiger partial charge >= 0.3 is 0 Å². The summed E-state index contributed by atoms with van der Waals surface area (Å²) in [5, 5.41) is 0. The minimum Gasteiger partial charge on any atom is -0.325 e. The highest BCUT2D eigenvalue weighted by Crippen LogP contribution is 2.27. The predicted molar refractivity (Wildman–Crippen MR) is 95.7 cm³/mol. The van der Waals surface area contributed by atoms with Crippen LogP contribution in [0, 0.1) is 9.49 Å². The summed E-state index contributed by atoms with van der Waals surface area (Å²) in [5.74, 6) is 2.47. The standard InChI is InChI=1S/C16H22ClIN2/c1-4-11(2)9-12(3)20-15-6-5-13(18)10-14(15)19-16(20)7-8-17/h5-6,10-12H,4,7-9H2,1-3H3. The molecule has 0 saturated heterocycles. The summed E-state index contributed by atoms with van der Waals surface area (Å²) >= 11 is 8.29. The van der Waals surface area contributed by atoms with Gasteiger partial charge in [0.1, 0.15) is 5.82 Å². The van der Waals surface area contributed by atoms with E-state index in [9.17, 15) is 0 Å². The minimum atomic E-state index is 0.466. The molecule has 0 aliphatic rings. The summed E-state index contributed by atoms with van der Waals surface area (Å²) in [6, 6.07) is 6.96. The van der Waals surface area contributed by atoms with E-state index in [-0.39, 0.29) is 0 Å². The van der Waals surface area contributed by atoms with E-state index in [0.29, 0.717) is 11.9 Å². The van der Waals surface area contributed by atoms with Gasteiger partial charge in [-0.3, -0.25) is 0 Å². The second kappa shape index (κ2) is 7.12. The Hall–Kier alpha value is -0.290. The van der Waals surface area contributed by atoms with Gasteiger partial charge in [-0.15, -0.1) is 11.6 Å². The Bertz CT molecular complexity index is 579. The van der Waals surface area contributed by atoms with Crippen molar-refractivity contribution in [3.63, 3.8) is 0 Å². The quantitative estimate of drug-likeness (QED) is 0.464. The molecule has 2 atom stereocenters. The number of imidazole rings is 1. The summed E-state index contributed by atoms with van der Waals surface area (Å²) < 4.78 is 3.62. The minimum absolute atomic E-state index is 0.466. The molecule has 1 aromatic carbocycles. The molecule has 2 unspecified atom stereocenters. The van der Waals surface area contributed by atoms with Gasteiger partial charge in [0.15, 0.2) is 0 Å². The van der Waals surface area contributed by atoms with Gasteiger partial charge in [0, 0.05) is 21.9 Å². The summed E-state index contributed by atoms with van der Waals surface area (Å²) in [6.45, 7) is 6.87. The van der Waals surface area contributed by atoms with E-state index in [1.54, 1.807) is 0 Å². The summed E-state index contributed by atoms with van der Waals surface area (Å²) in [5.41, 5.74) is 2.33. The van der Waals surface area contributed by atoms with Crippen molar-refractivity contribution >= 4 is 45.2 Å². The van der Waals surface area contributed by atoms with Crippen molar-refractivity contribution in [3.05, 3.63) is 27.6 Å². The smallest absolute Gasteiger partial charge is 0.111 e. The van der Waals surface area contributed by atoms with Gasteiger partial charge in [-0.25, -0.2) is 4.98 Å². The monoisotopic (exact) mass is 404 g/mol. The van der Waals surface area contributed by atoms with Gasteiger partial charge < -0.3 is 4.57 Å². The lowest BCUT2D eigenvalue weighted by molar-refractivity contribution is 0.397. The molecule has 0 bridgehead atoms. The second-order valence-electron chi connectivity index (χ2n) is 5.57. The third-order valence-corrected chi connectivity index (χ3v) is 4.78. The van der Waals surface area contributed by atoms with E-state index >= 15 is 0 Å². The van der Waals surface area contributed by atoms with E-state index in [1.807, 2.05) is 0 Å². The molecule has 0 aliphatic heterocycles. The van der Waals surface area contributed by atoms with Gasteiger partial charge in [-0.1, -0.05) is 20.3 Å². The molecule has 1 aromatic heterocycles. The number of hydrogen-bond acceptors (Lipinski definition) is 1. The molecule has 0 saturated carbocycles. The summed E-state index contributed by atoms with van der Waals surface area (Å²) in [6.07, 6.45) is 3.24. The highest BCUT2D eigenvalue weighted by atomic mass is 127. The Labute approximate surface area is 140 Å². The highest BCUT2D eigenvalue weighted by molar-refractivity contribution is 14.1. The van der Waals surface area contributed by atoms with Crippen LogP contribution in [0.2, 0.25) is 0 Å². The molecule has 2 rings (SSSR count). The Kier molecular flexibility index (Phi) is 5.73. The van der Waals surface area contributed by atoms with Crippen molar-refractivity contribution in [1.29, 1.82) is 0 Å². The fourth-order valence-corrected chi connectivity index (χ4v) is 3.37. The van der Waals surface area contributed by atoms with E-state index in [0.717, 1.165) is 23.7 Å². The van der Waals surface area contributed by atoms with Crippen molar-refractivity contribution in [1.82, 2.24) is 9.55 Å². The first kappa shape index (κ1) is 16.1. The van der Waals surface area contributed by atoms with Gasteiger partial charge in [0.25, 0.3) is 0 Å². The van der Waals surface area contributed by atoms with Crippen LogP contribution in [0.3, 0.4) is 0 Å². The number of fused-ring (bicyclic) bond motifs is 1. The van der Waals surface area contributed by atoms with Crippen molar-refractivity contribution in [3.8, 4) is 0 Å². The Morgan fingerprint density at radius 1 is 1.35 bits per heavy atom. The van der Waals surface area contributed by atoms with E-state index in [4.69, 9.17) is 16.6 Å². The normalized spacial score (nSPS) is 14.7. The van der Waals surface area contributed by atoms with Crippen molar-refractivity contribution < 1.29 is 0 Å². The van der Waals surface area contributed by atoms with Crippen LogP contribution in [-0.2, 0) is 6.42 Å². The molecule has 20 heavy (non-hydrogen) atoms. The number of aromatic nitrogens is 2. The topological polar surface area (TPSA) is 17.8 Å². The molecular formula is C16H22ClIN2. The third kappa shape index (κ3) is 3.48. The van der Waals surface area contributed by atoms with Crippen molar-refractivity contribution in [2.75, 3.05) is 5.88 Å². The van der Waals surface area contributed by atoms with Crippen LogP contribution in [0.4, 0.5) is 0 Å². The van der Waals surface area contributed by atoms with Crippen LogP contribution < -0.4 is 0 Å². The Morgan fingerprint density at radius 2 is 2.10 bits per heavy atom. The highest BCUT2D eigenvalue weighted by Gasteiger charge is 2.17. The van der Waals surface area contributed by atoms with Crippen LogP contribution in [0.15, 0.2) is 18.2 Å². The first-order chi connectivity index (χ1) is 9.56. The molecule has 0 spiro atoms. The predicted octanol–water partition coefficient (Wildman–Crippen LogP) is 5.42. The van der Waals surface area contributed by atoms with Gasteiger partial charge in [-0.05, 0) is 60.1 Å².